The van der Waals surface area contributed by atoms with E-state index >= 15 is 0 Å². The van der Waals surface area contributed by atoms with Gasteiger partial charge in [-0.3, -0.25) is 4.57 Å². The van der Waals surface area contributed by atoms with Crippen molar-refractivity contribution in [3.63, 3.8) is 0 Å². The molecule has 68 valence electrons. The molecule has 0 aromatic rings. The van der Waals surface area contributed by atoms with E-state index in [2.05, 4.69) is 12.0 Å². The maximum Gasteiger partial charge on any atom is 0.266 e. The Morgan fingerprint density at radius 1 is 1.45 bits per heavy atom. The second-order valence-electron chi connectivity index (χ2n) is 2.53. The third-order valence-electron chi connectivity index (χ3n) is 1.30. The first-order valence-corrected chi connectivity index (χ1v) is 6.16. The fourth-order valence-corrected chi connectivity index (χ4v) is 1.90. The highest BCUT2D eigenvalue weighted by atomic mass is 31.2. The molecular formula is C7H18NO2P. The predicted octanol–water partition coefficient (Wildman–Crippen LogP) is 2.24. The summed E-state index contributed by atoms with van der Waals surface area (Å²) in [5.41, 5.74) is 0. The van der Waals surface area contributed by atoms with Crippen molar-refractivity contribution < 1.29 is 9.09 Å². The van der Waals surface area contributed by atoms with Gasteiger partial charge in [-0.05, 0) is 13.3 Å². The lowest BCUT2D eigenvalue weighted by atomic mass is 10.3. The van der Waals surface area contributed by atoms with E-state index in [-0.39, 0.29) is 0 Å². The van der Waals surface area contributed by atoms with Gasteiger partial charge < -0.3 is 4.52 Å². The summed E-state index contributed by atoms with van der Waals surface area (Å²) in [5.74, 6) is 0. The minimum atomic E-state index is -2.47. The van der Waals surface area contributed by atoms with Crippen molar-refractivity contribution in [3.05, 3.63) is 0 Å². The van der Waals surface area contributed by atoms with Crippen LogP contribution in [0, 0.1) is 0 Å². The van der Waals surface area contributed by atoms with Crippen molar-refractivity contribution in [3.8, 4) is 0 Å². The van der Waals surface area contributed by atoms with Gasteiger partial charge in [0, 0.05) is 13.2 Å². The lowest BCUT2D eigenvalue weighted by molar-refractivity contribution is 0.328. The molecule has 0 aliphatic rings. The second kappa shape index (κ2) is 5.76. The fraction of sp³-hybridized carbons (Fsp3) is 1.00. The van der Waals surface area contributed by atoms with Crippen molar-refractivity contribution in [2.24, 2.45) is 0 Å². The lowest BCUT2D eigenvalue weighted by Crippen LogP contribution is -2.12. The zero-order chi connectivity index (χ0) is 8.74. The summed E-state index contributed by atoms with van der Waals surface area (Å²) in [7, 11) is -2.47. The Bertz CT molecular complexity index is 138. The molecule has 0 rings (SSSR count). The standard InChI is InChI=1S/C7H18NO2P/c1-4-6-7-8-11(3,9)10-5-2/h4-7H2,1-3H3,(H,8,9). The van der Waals surface area contributed by atoms with Crippen LogP contribution >= 0.6 is 7.52 Å². The average molecular weight is 179 g/mol. The molecule has 0 radical (unpaired) electrons. The Hall–Kier alpha value is 0.150. The van der Waals surface area contributed by atoms with Crippen LogP contribution in [-0.2, 0) is 9.09 Å². The molecular weight excluding hydrogens is 161 g/mol. The SMILES string of the molecule is CCCCNP(C)(=O)OCC. The van der Waals surface area contributed by atoms with Crippen molar-refractivity contribution in [1.29, 1.82) is 0 Å². The van der Waals surface area contributed by atoms with Gasteiger partial charge in [0.05, 0.1) is 6.61 Å². The normalized spacial score (nSPS) is 16.3. The summed E-state index contributed by atoms with van der Waals surface area (Å²) >= 11 is 0. The Morgan fingerprint density at radius 2 is 2.09 bits per heavy atom. The molecule has 0 spiro atoms. The number of rotatable bonds is 6. The predicted molar refractivity (Wildman–Crippen MR) is 48.1 cm³/mol. The number of unbranched alkanes of at least 4 members (excludes halogenated alkanes) is 1. The second-order valence-corrected chi connectivity index (χ2v) is 4.79. The molecule has 1 atom stereocenters. The maximum atomic E-state index is 11.4. The van der Waals surface area contributed by atoms with E-state index in [1.807, 2.05) is 6.92 Å². The summed E-state index contributed by atoms with van der Waals surface area (Å²) < 4.78 is 16.4. The van der Waals surface area contributed by atoms with Crippen LogP contribution in [0.4, 0.5) is 0 Å². The third-order valence-corrected chi connectivity index (χ3v) is 2.85. The molecule has 1 N–H and O–H groups in total. The first-order chi connectivity index (χ1) is 5.12. The zero-order valence-electron chi connectivity index (χ0n) is 7.59. The Morgan fingerprint density at radius 3 is 2.55 bits per heavy atom. The van der Waals surface area contributed by atoms with E-state index in [1.165, 1.54) is 0 Å². The summed E-state index contributed by atoms with van der Waals surface area (Å²) in [6.45, 7) is 6.85. The molecule has 11 heavy (non-hydrogen) atoms. The number of nitrogens with one attached hydrogen (secondary N) is 1. The summed E-state index contributed by atoms with van der Waals surface area (Å²) in [5, 5.41) is 2.89. The smallest absolute Gasteiger partial charge is 0.266 e. The molecule has 0 heterocycles. The summed E-state index contributed by atoms with van der Waals surface area (Å²) in [6, 6.07) is 0. The topological polar surface area (TPSA) is 38.3 Å². The van der Waals surface area contributed by atoms with Gasteiger partial charge in [0.1, 0.15) is 0 Å². The van der Waals surface area contributed by atoms with Crippen molar-refractivity contribution in [2.75, 3.05) is 19.8 Å². The first-order valence-electron chi connectivity index (χ1n) is 4.09. The van der Waals surface area contributed by atoms with Crippen LogP contribution in [0.3, 0.4) is 0 Å². The molecule has 0 aromatic heterocycles. The van der Waals surface area contributed by atoms with Crippen LogP contribution < -0.4 is 5.09 Å². The molecule has 4 heteroatoms. The molecule has 0 saturated heterocycles. The first kappa shape index (κ1) is 11.2. The van der Waals surface area contributed by atoms with Gasteiger partial charge >= 0.3 is 0 Å². The minimum absolute atomic E-state index is 0.507. The molecule has 0 aliphatic heterocycles. The summed E-state index contributed by atoms with van der Waals surface area (Å²) in [4.78, 5) is 0. The van der Waals surface area contributed by atoms with Crippen LogP contribution in [0.25, 0.3) is 0 Å². The van der Waals surface area contributed by atoms with E-state index in [0.29, 0.717) is 6.61 Å². The van der Waals surface area contributed by atoms with Crippen LogP contribution in [0.15, 0.2) is 0 Å². The largest absolute Gasteiger partial charge is 0.318 e. The van der Waals surface area contributed by atoms with Gasteiger partial charge in [-0.1, -0.05) is 13.3 Å². The molecule has 0 aliphatic carbocycles. The average Bonchev–Trinajstić information content (AvgIpc) is 1.87. The van der Waals surface area contributed by atoms with Gasteiger partial charge in [-0.15, -0.1) is 0 Å². The fourth-order valence-electron chi connectivity index (χ4n) is 0.751. The van der Waals surface area contributed by atoms with Gasteiger partial charge in [0.2, 0.25) is 0 Å². The molecule has 3 nitrogen and oxygen atoms in total. The minimum Gasteiger partial charge on any atom is -0.318 e. The quantitative estimate of drug-likeness (QED) is 0.502. The lowest BCUT2D eigenvalue weighted by Gasteiger charge is -2.13. The third kappa shape index (κ3) is 6.54. The van der Waals surface area contributed by atoms with Gasteiger partial charge in [0.15, 0.2) is 0 Å². The number of hydrogen-bond acceptors (Lipinski definition) is 2. The van der Waals surface area contributed by atoms with Crippen LogP contribution in [0.2, 0.25) is 0 Å². The maximum absolute atomic E-state index is 11.4. The number of hydrogen-bond donors (Lipinski definition) is 1. The molecule has 0 fully saturated rings. The van der Waals surface area contributed by atoms with Crippen molar-refractivity contribution in [1.82, 2.24) is 5.09 Å². The van der Waals surface area contributed by atoms with Crippen LogP contribution in [0.5, 0.6) is 0 Å². The van der Waals surface area contributed by atoms with E-state index in [4.69, 9.17) is 4.52 Å². The monoisotopic (exact) mass is 179 g/mol. The van der Waals surface area contributed by atoms with E-state index in [9.17, 15) is 4.57 Å². The van der Waals surface area contributed by atoms with E-state index in [0.717, 1.165) is 19.4 Å². The van der Waals surface area contributed by atoms with Gasteiger partial charge in [0.25, 0.3) is 7.52 Å². The molecule has 0 amide bonds. The summed E-state index contributed by atoms with van der Waals surface area (Å²) in [6.07, 6.45) is 2.16. The Balaban J connectivity index is 3.47. The highest BCUT2D eigenvalue weighted by Crippen LogP contribution is 2.36. The zero-order valence-corrected chi connectivity index (χ0v) is 8.49. The van der Waals surface area contributed by atoms with Gasteiger partial charge in [-0.25, -0.2) is 5.09 Å². The molecule has 0 aromatic carbocycles. The highest BCUT2D eigenvalue weighted by Gasteiger charge is 2.11. The molecule has 0 saturated carbocycles. The molecule has 0 bridgehead atoms. The molecule has 1 unspecified atom stereocenters. The highest BCUT2D eigenvalue weighted by molar-refractivity contribution is 7.56. The van der Waals surface area contributed by atoms with Crippen LogP contribution in [0.1, 0.15) is 26.7 Å². The van der Waals surface area contributed by atoms with Crippen molar-refractivity contribution in [2.45, 2.75) is 26.7 Å². The van der Waals surface area contributed by atoms with Crippen LogP contribution in [-0.4, -0.2) is 19.8 Å². The van der Waals surface area contributed by atoms with E-state index < -0.39 is 7.52 Å². The van der Waals surface area contributed by atoms with E-state index in [1.54, 1.807) is 6.66 Å². The Kier molecular flexibility index (Phi) is 5.83. The Labute approximate surface area is 69.0 Å². The van der Waals surface area contributed by atoms with Gasteiger partial charge in [-0.2, -0.15) is 0 Å². The van der Waals surface area contributed by atoms with Crippen molar-refractivity contribution >= 4 is 7.52 Å².